The second-order valence-corrected chi connectivity index (χ2v) is 36.4. The number of aryl methyl sites for hydroxylation is 2. The highest BCUT2D eigenvalue weighted by Gasteiger charge is 2.33. The van der Waals surface area contributed by atoms with Crippen LogP contribution in [0.3, 0.4) is 0 Å². The van der Waals surface area contributed by atoms with Crippen molar-refractivity contribution in [3.8, 4) is 34.6 Å². The van der Waals surface area contributed by atoms with E-state index in [4.69, 9.17) is 50.9 Å². The van der Waals surface area contributed by atoms with E-state index in [0.29, 0.717) is 129 Å². The zero-order chi connectivity index (χ0) is 105. The van der Waals surface area contributed by atoms with Crippen molar-refractivity contribution >= 4 is 134 Å². The number of nitrogens with one attached hydrogen (secondary N) is 4. The van der Waals surface area contributed by atoms with E-state index in [1.807, 2.05) is 85.8 Å². The number of halogens is 8. The molecule has 5 aromatic heterocycles. The zero-order valence-corrected chi connectivity index (χ0v) is 83.2. The summed E-state index contributed by atoms with van der Waals surface area (Å²) in [4.78, 5) is 127. The summed E-state index contributed by atoms with van der Waals surface area (Å²) >= 11 is 24.5. The maximum Gasteiger partial charge on any atom is 0.389 e. The van der Waals surface area contributed by atoms with Gasteiger partial charge in [0.25, 0.3) is 5.91 Å². The van der Waals surface area contributed by atoms with E-state index in [-0.39, 0.29) is 66.3 Å². The van der Waals surface area contributed by atoms with Crippen LogP contribution in [0.4, 0.5) is 17.6 Å². The van der Waals surface area contributed by atoms with Crippen molar-refractivity contribution in [2.45, 2.75) is 154 Å². The van der Waals surface area contributed by atoms with Crippen molar-refractivity contribution in [1.82, 2.24) is 107 Å². The Balaban J connectivity index is 0.000000165. The molecule has 10 aromatic carbocycles. The SMILES string of the molecule is CC(=O)c1ccc(CC(=O)C(CCC(F)(F)F)NC(=O)/C=C/c2cc(Cl)ccc2-n2cnnn2)cc1.CC(=O)c1ccc(CC(=O)[C@H](Cc2ccccc2)NC(=O)C#Cc2cc(Cl)ccc2-n2cnnn2)cc1.Cc1ccc(CC(=O)[C@H](CCC2CCCCC2)NC(=O)/C=C/c2cc(Cl)ccc2-n2cnnn2)cc1F.Cc1cccc2c(CC(=O)[C@H](Cc3ccccc3)NC(=O)/C=C/c3cc(Cl)ccc3-n3cnnn3)noc12. The molecule has 4 atom stereocenters. The predicted molar refractivity (Wildman–Crippen MR) is 547 cm³/mol. The maximum absolute atomic E-state index is 14.0. The Kier molecular flexibility index (Phi) is 39.2. The molecule has 16 rings (SSSR count). The number of alkyl halides is 3. The van der Waals surface area contributed by atoms with Gasteiger partial charge in [0.2, 0.25) is 17.7 Å². The van der Waals surface area contributed by atoms with Crippen LogP contribution < -0.4 is 21.3 Å². The van der Waals surface area contributed by atoms with E-state index >= 15 is 0 Å². The first-order valence-corrected chi connectivity index (χ1v) is 48.2. The molecule has 1 aliphatic carbocycles. The van der Waals surface area contributed by atoms with E-state index < -0.39 is 66.7 Å². The number of para-hydroxylation sites is 1. The van der Waals surface area contributed by atoms with E-state index in [1.165, 1.54) is 114 Å². The third kappa shape index (κ3) is 33.0. The number of fused-ring (bicyclic) bond motifs is 1. The van der Waals surface area contributed by atoms with Gasteiger partial charge in [0.05, 0.1) is 64.6 Å². The first-order valence-electron chi connectivity index (χ1n) is 46.7. The summed E-state index contributed by atoms with van der Waals surface area (Å²) in [5, 5.41) is 62.0. The molecule has 1 unspecified atom stereocenters. The Bertz CT molecular complexity index is 7330. The molecule has 0 aliphatic heterocycles. The lowest BCUT2D eigenvalue weighted by Crippen LogP contribution is -2.42. The van der Waals surface area contributed by atoms with Gasteiger partial charge in [-0.05, 0) is 250 Å². The Morgan fingerprint density at radius 3 is 1.28 bits per heavy atom. The van der Waals surface area contributed by atoms with Gasteiger partial charge in [-0.2, -0.15) is 31.9 Å². The van der Waals surface area contributed by atoms with Crippen LogP contribution in [-0.4, -0.2) is 175 Å². The van der Waals surface area contributed by atoms with Gasteiger partial charge in [0, 0.05) is 103 Å². The van der Waals surface area contributed by atoms with Gasteiger partial charge in [0.1, 0.15) is 31.1 Å². The molecule has 1 fully saturated rings. The van der Waals surface area contributed by atoms with Crippen molar-refractivity contribution < 1.29 is 70.0 Å². The summed E-state index contributed by atoms with van der Waals surface area (Å²) in [6, 6.07) is 59.0. The van der Waals surface area contributed by atoms with Gasteiger partial charge >= 0.3 is 6.18 Å². The smallest absolute Gasteiger partial charge is 0.356 e. The van der Waals surface area contributed by atoms with Crippen LogP contribution in [0.5, 0.6) is 0 Å². The minimum atomic E-state index is -4.50. The van der Waals surface area contributed by atoms with Gasteiger partial charge in [0.15, 0.2) is 40.3 Å². The number of carbonyl (C=O) groups excluding carboxylic acids is 10. The lowest BCUT2D eigenvalue weighted by Gasteiger charge is -2.24. The van der Waals surface area contributed by atoms with E-state index in [1.54, 1.807) is 140 Å². The number of benzene rings is 10. The van der Waals surface area contributed by atoms with Crippen LogP contribution in [0.2, 0.25) is 20.1 Å². The molecule has 5 heterocycles. The monoisotopic (exact) mass is 2080 g/mol. The molecule has 1 aliphatic rings. The fourth-order valence-corrected chi connectivity index (χ4v) is 16.7. The molecule has 148 heavy (non-hydrogen) atoms. The molecule has 0 spiro atoms. The number of hydrogen-bond donors (Lipinski definition) is 4. The Morgan fingerprint density at radius 2 is 0.838 bits per heavy atom. The molecule has 0 saturated heterocycles. The highest BCUT2D eigenvalue weighted by molar-refractivity contribution is 6.32. The molecular weight excluding hydrogens is 1990 g/mol. The number of rotatable bonds is 37. The van der Waals surface area contributed by atoms with Crippen molar-refractivity contribution in [3.05, 3.63) is 366 Å². The fourth-order valence-electron chi connectivity index (χ4n) is 16.0. The maximum atomic E-state index is 14.0. The third-order valence-electron chi connectivity index (χ3n) is 23.7. The highest BCUT2D eigenvalue weighted by atomic mass is 35.5. The van der Waals surface area contributed by atoms with Gasteiger partial charge in [-0.3, -0.25) is 47.9 Å². The highest BCUT2D eigenvalue weighted by Crippen LogP contribution is 2.32. The molecule has 4 amide bonds. The van der Waals surface area contributed by atoms with Crippen LogP contribution in [0.25, 0.3) is 51.9 Å². The van der Waals surface area contributed by atoms with Gasteiger partial charge in [-0.15, -0.1) is 20.4 Å². The number of carbonyl (C=O) groups is 10. The summed E-state index contributed by atoms with van der Waals surface area (Å²) in [6.07, 6.45) is 15.8. The van der Waals surface area contributed by atoms with Crippen LogP contribution in [0, 0.1) is 37.4 Å². The molecule has 0 bridgehead atoms. The number of ketones is 6. The van der Waals surface area contributed by atoms with Crippen molar-refractivity contribution in [2.75, 3.05) is 0 Å². The predicted octanol–water partition coefficient (Wildman–Crippen LogP) is 17.3. The van der Waals surface area contributed by atoms with Gasteiger partial charge in [-0.25, -0.2) is 4.39 Å². The number of aromatic nitrogens is 17. The van der Waals surface area contributed by atoms with E-state index in [9.17, 15) is 65.5 Å². The van der Waals surface area contributed by atoms with Crippen molar-refractivity contribution in [3.63, 3.8) is 0 Å². The molecule has 1 saturated carbocycles. The molecular formula is C108H97Cl4F4N21O11. The van der Waals surface area contributed by atoms with Crippen LogP contribution in [0.15, 0.2) is 266 Å². The minimum Gasteiger partial charge on any atom is -0.356 e. The molecule has 40 heteroatoms. The van der Waals surface area contributed by atoms with E-state index in [2.05, 4.69) is 100 Å². The topological polar surface area (TPSA) is 419 Å². The third-order valence-corrected chi connectivity index (χ3v) is 24.7. The summed E-state index contributed by atoms with van der Waals surface area (Å²) in [5.41, 5.74) is 11.9. The minimum absolute atomic E-state index is 0.0235. The second kappa shape index (κ2) is 53.4. The Hall–Kier alpha value is -16.5. The number of tetrazole rings is 4. The van der Waals surface area contributed by atoms with E-state index in [0.717, 1.165) is 53.0 Å². The average molecular weight is 2080 g/mol. The normalized spacial score (nSPS) is 12.7. The zero-order valence-electron chi connectivity index (χ0n) is 80.2. The second-order valence-electron chi connectivity index (χ2n) is 34.6. The van der Waals surface area contributed by atoms with Gasteiger partial charge in [-0.1, -0.05) is 223 Å². The quantitative estimate of drug-likeness (QED) is 0.0122. The molecule has 15 aromatic rings. The van der Waals surface area contributed by atoms with Crippen LogP contribution in [-0.2, 0) is 76.9 Å². The summed E-state index contributed by atoms with van der Waals surface area (Å²) in [6.45, 7) is 6.49. The largest absolute Gasteiger partial charge is 0.389 e. The summed E-state index contributed by atoms with van der Waals surface area (Å²) < 4.78 is 63.8. The number of amides is 4. The number of nitrogens with zero attached hydrogens (tertiary/aromatic N) is 17. The first-order chi connectivity index (χ1) is 71.3. The number of Topliss-reactive ketones (excluding diaryl/α,β-unsaturated/α-hetero) is 6. The first kappa shape index (κ1) is 109. The Morgan fingerprint density at radius 1 is 0.432 bits per heavy atom. The molecule has 4 N–H and O–H groups in total. The van der Waals surface area contributed by atoms with Gasteiger partial charge < -0.3 is 25.8 Å². The van der Waals surface area contributed by atoms with Crippen LogP contribution in [0.1, 0.15) is 159 Å². The number of hydrogen-bond acceptors (Lipinski definition) is 24. The summed E-state index contributed by atoms with van der Waals surface area (Å²) in [5.74, 6) is 2.14. The molecule has 0 radical (unpaired) electrons. The average Bonchev–Trinajstić information content (AvgIpc) is 1.66. The van der Waals surface area contributed by atoms with Crippen molar-refractivity contribution in [1.29, 1.82) is 0 Å². The standard InChI is InChI=1S/C28H31ClFN5O2.C28H23ClN6O3.C28H22ClN5O3.C24H21ClF3N5O3/c1-19-7-8-21(15-24(19)30)16-27(36)25(12-9-20-5-3-2-4-6-20)32-28(37)14-10-22-17-23(29)11-13-26(22)35-18-31-33-34-35;1-18-6-5-9-22-23(32-38-28(18)22)16-26(36)24(14-19-7-3-2-4-8-19)31-27(37)13-10-20-15-21(29)11-12-25(20)35-17-30-33-34-35;1-19(35)22-9-7-21(8-10-22)16-27(36)25(15-20-5-3-2-4-6-20)31-28(37)14-11-23-17-24(29)12-13-26(23)34-18-30-32-33-34;1-15(34)17-4-2-16(3-5-17)12-22(35)20(10-11-24(26,27)28)30-23(36)9-6-18-13-19(25)7-8-21(18)33-14-29-31-32-33/h7-8,10-11,13-15,17-18,20,25H,2-6,9,12,16H2,1H3,(H,32,37);2-13,15,17,24H,14,16H2,1H3,(H,31,37);2-10,12-13,17-18,25H,15-16H2,1H3,(H,31,37);2-9,13-14,20H,10-12H2,1H3,(H,30,36)/b14-10+;13-10+;;9-6+/t25-;24-;25-;/m000./s1. The summed E-state index contributed by atoms with van der Waals surface area (Å²) in [7, 11) is 0. The van der Waals surface area contributed by atoms with Crippen molar-refractivity contribution in [2.24, 2.45) is 5.92 Å². The Labute approximate surface area is 866 Å². The molecule has 32 nitrogen and oxygen atoms in total. The van der Waals surface area contributed by atoms with Crippen LogP contribution >= 0.6 is 46.4 Å². The molecule has 756 valence electrons. The fraction of sp³-hybridized carbons (Fsp3) is 0.231. The lowest BCUT2D eigenvalue weighted by atomic mass is 9.84. The lowest BCUT2D eigenvalue weighted by molar-refractivity contribution is -0.140.